The minimum atomic E-state index is 0.590. The summed E-state index contributed by atoms with van der Waals surface area (Å²) in [5, 5.41) is 3.54. The maximum absolute atomic E-state index is 3.54. The number of hydrogen-bond acceptors (Lipinski definition) is 1. The molecule has 1 atom stereocenters. The van der Waals surface area contributed by atoms with E-state index >= 15 is 0 Å². The maximum Gasteiger partial charge on any atom is 0.0326 e. The zero-order chi connectivity index (χ0) is 9.38. The summed E-state index contributed by atoms with van der Waals surface area (Å²) < 4.78 is 0. The number of hydrogen-bond donors (Lipinski definition) is 1. The van der Waals surface area contributed by atoms with Crippen LogP contribution in [0.2, 0.25) is 0 Å². The first-order chi connectivity index (χ1) is 6.95. The van der Waals surface area contributed by atoms with E-state index in [-0.39, 0.29) is 0 Å². The van der Waals surface area contributed by atoms with Crippen LogP contribution in [0.5, 0.6) is 0 Å². The van der Waals surface area contributed by atoms with Crippen LogP contribution in [0.1, 0.15) is 42.3 Å². The summed E-state index contributed by atoms with van der Waals surface area (Å²) in [6, 6.07) is 9.54. The van der Waals surface area contributed by atoms with Gasteiger partial charge in [0, 0.05) is 6.04 Å². The van der Waals surface area contributed by atoms with E-state index in [1.54, 1.807) is 11.1 Å². The molecule has 1 N–H and O–H groups in total. The Hall–Kier alpha value is -0.820. The normalized spacial score (nSPS) is 26.7. The molecule has 0 spiro atoms. The van der Waals surface area contributed by atoms with Crippen molar-refractivity contribution in [2.45, 2.75) is 31.2 Å². The van der Waals surface area contributed by atoms with E-state index in [9.17, 15) is 0 Å². The first-order valence-corrected chi connectivity index (χ1v) is 5.59. The lowest BCUT2D eigenvalue weighted by Crippen LogP contribution is -2.14. The predicted octanol–water partition coefficient (Wildman–Crippen LogP) is 2.80. The Kier molecular flexibility index (Phi) is 2.06. The molecule has 0 bridgehead atoms. The van der Waals surface area contributed by atoms with Gasteiger partial charge in [0.25, 0.3) is 0 Å². The summed E-state index contributed by atoms with van der Waals surface area (Å²) in [6.45, 7) is 1.07. The van der Waals surface area contributed by atoms with Crippen molar-refractivity contribution in [1.82, 2.24) is 5.32 Å². The molecule has 3 rings (SSSR count). The number of benzene rings is 1. The fourth-order valence-electron chi connectivity index (χ4n) is 2.39. The molecule has 1 heterocycles. The third-order valence-electron chi connectivity index (χ3n) is 3.30. The molecule has 1 aromatic carbocycles. The van der Waals surface area contributed by atoms with Gasteiger partial charge in [-0.25, -0.2) is 0 Å². The number of nitrogens with one attached hydrogen (secondary N) is 1. The van der Waals surface area contributed by atoms with Gasteiger partial charge in [-0.1, -0.05) is 24.3 Å². The first kappa shape index (κ1) is 8.49. The van der Waals surface area contributed by atoms with Crippen LogP contribution in [-0.4, -0.2) is 6.54 Å². The van der Waals surface area contributed by atoms with Crippen molar-refractivity contribution >= 4 is 0 Å². The number of rotatable bonds is 2. The Morgan fingerprint density at radius 2 is 1.86 bits per heavy atom. The molecule has 14 heavy (non-hydrogen) atoms. The highest BCUT2D eigenvalue weighted by Crippen LogP contribution is 2.43. The molecule has 1 aromatic rings. The second kappa shape index (κ2) is 3.39. The van der Waals surface area contributed by atoms with E-state index in [2.05, 4.69) is 36.0 Å². The summed E-state index contributed by atoms with van der Waals surface area (Å²) in [5.41, 5.74) is 3.14. The molecule has 1 aliphatic heterocycles. The van der Waals surface area contributed by atoms with Gasteiger partial charge in [-0.2, -0.15) is 0 Å². The lowest BCUT2D eigenvalue weighted by molar-refractivity contribution is 0.643. The van der Waals surface area contributed by atoms with E-state index in [1.165, 1.54) is 19.3 Å². The predicted molar refractivity (Wildman–Crippen MR) is 58.1 cm³/mol. The molecular formula is C13H16N. The van der Waals surface area contributed by atoms with Gasteiger partial charge >= 0.3 is 0 Å². The highest BCUT2D eigenvalue weighted by Gasteiger charge is 2.28. The van der Waals surface area contributed by atoms with Gasteiger partial charge in [0.05, 0.1) is 0 Å². The fraction of sp³-hybridized carbons (Fsp3) is 0.462. The molecule has 0 aromatic heterocycles. The topological polar surface area (TPSA) is 12.0 Å². The van der Waals surface area contributed by atoms with Gasteiger partial charge < -0.3 is 5.32 Å². The van der Waals surface area contributed by atoms with Gasteiger partial charge in [0.1, 0.15) is 0 Å². The molecule has 2 fully saturated rings. The summed E-state index contributed by atoms with van der Waals surface area (Å²) >= 11 is 0. The molecule has 1 heteroatoms. The van der Waals surface area contributed by atoms with Crippen LogP contribution >= 0.6 is 0 Å². The standard InChI is InChI=1S/C13H16N/c1-2-5-12(13-6-3-9-14-13)11(4-1)10-7-8-10/h1-5,10,13-14H,6-9H2. The molecular weight excluding hydrogens is 170 g/mol. The van der Waals surface area contributed by atoms with Gasteiger partial charge in [0.2, 0.25) is 0 Å². The third kappa shape index (κ3) is 1.46. The lowest BCUT2D eigenvalue weighted by atomic mass is 9.96. The van der Waals surface area contributed by atoms with Gasteiger partial charge in [0.15, 0.2) is 0 Å². The van der Waals surface area contributed by atoms with Crippen LogP contribution in [0.15, 0.2) is 24.3 Å². The van der Waals surface area contributed by atoms with Crippen molar-refractivity contribution in [2.75, 3.05) is 6.54 Å². The fourth-order valence-corrected chi connectivity index (χ4v) is 2.39. The molecule has 1 saturated carbocycles. The second-order valence-electron chi connectivity index (χ2n) is 4.39. The minimum absolute atomic E-state index is 0.590. The molecule has 0 amide bonds. The monoisotopic (exact) mass is 186 g/mol. The van der Waals surface area contributed by atoms with E-state index in [0.717, 1.165) is 12.5 Å². The van der Waals surface area contributed by atoms with Crippen LogP contribution in [0.25, 0.3) is 0 Å². The largest absolute Gasteiger partial charge is 0.310 e. The van der Waals surface area contributed by atoms with Gasteiger partial charge in [-0.15, -0.1) is 0 Å². The van der Waals surface area contributed by atoms with E-state index < -0.39 is 0 Å². The van der Waals surface area contributed by atoms with E-state index in [4.69, 9.17) is 0 Å². The Balaban J connectivity index is 1.94. The van der Waals surface area contributed by atoms with Crippen molar-refractivity contribution in [3.8, 4) is 0 Å². The highest BCUT2D eigenvalue weighted by molar-refractivity contribution is 5.36. The summed E-state index contributed by atoms with van der Waals surface area (Å²) in [7, 11) is 0. The van der Waals surface area contributed by atoms with Crippen LogP contribution in [0, 0.1) is 6.42 Å². The summed E-state index contributed by atoms with van der Waals surface area (Å²) in [5.74, 6) is 0.869. The van der Waals surface area contributed by atoms with Crippen molar-refractivity contribution in [3.05, 3.63) is 41.8 Å². The smallest absolute Gasteiger partial charge is 0.0326 e. The van der Waals surface area contributed by atoms with Gasteiger partial charge in [-0.05, 0) is 49.3 Å². The summed E-state index contributed by atoms with van der Waals surface area (Å²) in [4.78, 5) is 0. The minimum Gasteiger partial charge on any atom is -0.310 e. The molecule has 1 saturated heterocycles. The molecule has 1 nitrogen and oxygen atoms in total. The van der Waals surface area contributed by atoms with Crippen molar-refractivity contribution < 1.29 is 0 Å². The Morgan fingerprint density at radius 3 is 2.50 bits per heavy atom. The van der Waals surface area contributed by atoms with Crippen molar-refractivity contribution in [3.63, 3.8) is 0 Å². The molecule has 2 aliphatic rings. The van der Waals surface area contributed by atoms with Crippen LogP contribution < -0.4 is 5.32 Å². The molecule has 1 aliphatic carbocycles. The SMILES string of the molecule is [CH]1CNC(c2ccccc2C2CC2)C1. The molecule has 1 unspecified atom stereocenters. The Labute approximate surface area is 85.5 Å². The Morgan fingerprint density at radius 1 is 1.07 bits per heavy atom. The average molecular weight is 186 g/mol. The van der Waals surface area contributed by atoms with Crippen LogP contribution in [0.3, 0.4) is 0 Å². The zero-order valence-corrected chi connectivity index (χ0v) is 8.37. The Bertz CT molecular complexity index is 322. The van der Waals surface area contributed by atoms with Crippen molar-refractivity contribution in [1.29, 1.82) is 0 Å². The second-order valence-corrected chi connectivity index (χ2v) is 4.39. The molecule has 1 radical (unpaired) electrons. The van der Waals surface area contributed by atoms with E-state index in [1.807, 2.05) is 0 Å². The van der Waals surface area contributed by atoms with Gasteiger partial charge in [-0.3, -0.25) is 0 Å². The van der Waals surface area contributed by atoms with Crippen LogP contribution in [0.4, 0.5) is 0 Å². The highest BCUT2D eigenvalue weighted by atomic mass is 14.9. The summed E-state index contributed by atoms with van der Waals surface area (Å²) in [6.07, 6.45) is 6.33. The lowest BCUT2D eigenvalue weighted by Gasteiger charge is -2.15. The van der Waals surface area contributed by atoms with E-state index in [0.29, 0.717) is 6.04 Å². The maximum atomic E-state index is 3.54. The quantitative estimate of drug-likeness (QED) is 0.749. The average Bonchev–Trinajstić information content (AvgIpc) is 2.94. The zero-order valence-electron chi connectivity index (χ0n) is 8.37. The van der Waals surface area contributed by atoms with Crippen molar-refractivity contribution in [2.24, 2.45) is 0 Å². The third-order valence-corrected chi connectivity index (χ3v) is 3.30. The first-order valence-electron chi connectivity index (χ1n) is 5.59. The molecule has 73 valence electrons. The van der Waals surface area contributed by atoms with Crippen LogP contribution in [-0.2, 0) is 0 Å².